The molecule has 2 heteroatoms. The number of rotatable bonds is 6. The Hall–Kier alpha value is -0.503. The largest absolute Gasteiger partial charge is 0.547 e. The minimum atomic E-state index is -1.53. The maximum absolute atomic E-state index is 6.85. The summed E-state index contributed by atoms with van der Waals surface area (Å²) in [5, 5.41) is 0. The fourth-order valence-electron chi connectivity index (χ4n) is 4.43. The first kappa shape index (κ1) is 17.8. The molecule has 22 heavy (non-hydrogen) atoms. The lowest BCUT2D eigenvalue weighted by molar-refractivity contribution is 0.237. The van der Waals surface area contributed by atoms with Gasteiger partial charge in [0.05, 0.1) is 5.76 Å². The molecule has 0 N–H and O–H groups in total. The molecule has 0 radical (unpaired) electrons. The van der Waals surface area contributed by atoms with Crippen LogP contribution in [-0.4, -0.2) is 8.32 Å². The van der Waals surface area contributed by atoms with E-state index in [0.29, 0.717) is 5.92 Å². The fraction of sp³-hybridized carbons (Fsp3) is 0.800. The molecule has 0 heterocycles. The van der Waals surface area contributed by atoms with Gasteiger partial charge >= 0.3 is 0 Å². The molecule has 2 rings (SSSR count). The van der Waals surface area contributed by atoms with Crippen molar-refractivity contribution in [3.63, 3.8) is 0 Å². The first-order chi connectivity index (χ1) is 10.5. The molecule has 0 aliphatic heterocycles. The summed E-state index contributed by atoms with van der Waals surface area (Å²) in [6, 6.07) is 3.76. The van der Waals surface area contributed by atoms with Gasteiger partial charge in [-0.05, 0) is 61.7 Å². The summed E-state index contributed by atoms with van der Waals surface area (Å²) in [5.41, 5.74) is 3.26. The molecule has 0 aromatic heterocycles. The van der Waals surface area contributed by atoms with E-state index < -0.39 is 8.32 Å². The molecule has 126 valence electrons. The lowest BCUT2D eigenvalue weighted by atomic mass is 9.68. The number of hydrogen-bond donors (Lipinski definition) is 0. The Morgan fingerprint density at radius 3 is 2.27 bits per heavy atom. The highest BCUT2D eigenvalue weighted by molar-refractivity contribution is 6.73. The fourth-order valence-corrected chi connectivity index (χ4v) is 7.12. The van der Waals surface area contributed by atoms with E-state index in [1.807, 2.05) is 0 Å². The van der Waals surface area contributed by atoms with Crippen molar-refractivity contribution in [2.75, 3.05) is 0 Å². The Balaban J connectivity index is 2.33. The van der Waals surface area contributed by atoms with E-state index in [9.17, 15) is 0 Å². The summed E-state index contributed by atoms with van der Waals surface area (Å²) < 4.78 is 6.85. The van der Waals surface area contributed by atoms with Gasteiger partial charge in [0.15, 0.2) is 0 Å². The van der Waals surface area contributed by atoms with E-state index in [4.69, 9.17) is 4.43 Å². The zero-order valence-corrected chi connectivity index (χ0v) is 16.7. The van der Waals surface area contributed by atoms with Crippen LogP contribution in [0.1, 0.15) is 67.2 Å². The Morgan fingerprint density at radius 2 is 1.73 bits per heavy atom. The van der Waals surface area contributed by atoms with Gasteiger partial charge in [-0.3, -0.25) is 0 Å². The van der Waals surface area contributed by atoms with Crippen molar-refractivity contribution in [2.24, 2.45) is 17.8 Å². The van der Waals surface area contributed by atoms with Gasteiger partial charge in [0.1, 0.15) is 0 Å². The van der Waals surface area contributed by atoms with Gasteiger partial charge in [0.25, 0.3) is 0 Å². The molecule has 0 amide bonds. The molecular formula is C20H36OSi. The van der Waals surface area contributed by atoms with Crippen molar-refractivity contribution in [1.82, 2.24) is 0 Å². The molecule has 0 aromatic rings. The van der Waals surface area contributed by atoms with Gasteiger partial charge in [-0.25, -0.2) is 0 Å². The van der Waals surface area contributed by atoms with Crippen LogP contribution in [0.25, 0.3) is 0 Å². The quantitative estimate of drug-likeness (QED) is 0.391. The van der Waals surface area contributed by atoms with Crippen molar-refractivity contribution in [3.8, 4) is 0 Å². The average molecular weight is 321 g/mol. The van der Waals surface area contributed by atoms with Crippen molar-refractivity contribution in [2.45, 2.75) is 85.4 Å². The zero-order valence-electron chi connectivity index (χ0n) is 15.7. The SMILES string of the molecule is CC[Si](CC)(CC)OC1=C2CCC(C)=C[C@@H]2[C@@H](C(C)C)CC1. The predicted octanol–water partition coefficient (Wildman–Crippen LogP) is 6.68. The van der Waals surface area contributed by atoms with Gasteiger partial charge in [-0.1, -0.05) is 46.3 Å². The third-order valence-electron chi connectivity index (χ3n) is 6.31. The molecule has 2 aliphatic rings. The summed E-state index contributed by atoms with van der Waals surface area (Å²) in [6.45, 7) is 14.1. The van der Waals surface area contributed by atoms with E-state index >= 15 is 0 Å². The Labute approximate surface area is 139 Å². The first-order valence-electron chi connectivity index (χ1n) is 9.54. The standard InChI is InChI=1S/C20H36OSi/c1-7-22(8-2,9-3)21-20-13-12-17(15(4)5)19-14-16(6)10-11-18(19)20/h14-15,17,19H,7-13H2,1-6H3/t17-,19-/m1/s1. The van der Waals surface area contributed by atoms with E-state index in [0.717, 1.165) is 11.8 Å². The average Bonchev–Trinajstić information content (AvgIpc) is 2.52. The Bertz CT molecular complexity index is 434. The van der Waals surface area contributed by atoms with Crippen molar-refractivity contribution < 1.29 is 4.43 Å². The normalized spacial score (nSPS) is 26.0. The maximum Gasteiger partial charge on any atom is 0.250 e. The second kappa shape index (κ2) is 7.38. The van der Waals surface area contributed by atoms with Crippen LogP contribution in [0.15, 0.2) is 23.0 Å². The van der Waals surface area contributed by atoms with Crippen LogP contribution in [0.4, 0.5) is 0 Å². The summed E-state index contributed by atoms with van der Waals surface area (Å²) in [5.74, 6) is 3.67. The van der Waals surface area contributed by atoms with Crippen LogP contribution >= 0.6 is 0 Å². The molecule has 2 atom stereocenters. The summed E-state index contributed by atoms with van der Waals surface area (Å²) in [7, 11) is -1.53. The van der Waals surface area contributed by atoms with Gasteiger partial charge in [0.2, 0.25) is 8.32 Å². The summed E-state index contributed by atoms with van der Waals surface area (Å²) in [6.07, 6.45) is 7.55. The maximum atomic E-state index is 6.85. The third kappa shape index (κ3) is 3.53. The van der Waals surface area contributed by atoms with Gasteiger partial charge in [-0.15, -0.1) is 0 Å². The van der Waals surface area contributed by atoms with Crippen LogP contribution in [0.5, 0.6) is 0 Å². The van der Waals surface area contributed by atoms with Crippen LogP contribution < -0.4 is 0 Å². The molecule has 0 aromatic carbocycles. The molecule has 2 aliphatic carbocycles. The van der Waals surface area contributed by atoms with Crippen molar-refractivity contribution in [3.05, 3.63) is 23.0 Å². The summed E-state index contributed by atoms with van der Waals surface area (Å²) >= 11 is 0. The second-order valence-electron chi connectivity index (χ2n) is 7.78. The third-order valence-corrected chi connectivity index (χ3v) is 10.9. The zero-order chi connectivity index (χ0) is 16.3. The molecular weight excluding hydrogens is 284 g/mol. The molecule has 0 bridgehead atoms. The van der Waals surface area contributed by atoms with Crippen molar-refractivity contribution >= 4 is 8.32 Å². The van der Waals surface area contributed by atoms with Gasteiger partial charge in [0, 0.05) is 12.3 Å². The molecule has 0 unspecified atom stereocenters. The highest BCUT2D eigenvalue weighted by Gasteiger charge is 2.38. The smallest absolute Gasteiger partial charge is 0.250 e. The van der Waals surface area contributed by atoms with Crippen LogP contribution in [0.2, 0.25) is 18.1 Å². The Morgan fingerprint density at radius 1 is 1.09 bits per heavy atom. The predicted molar refractivity (Wildman–Crippen MR) is 99.4 cm³/mol. The van der Waals surface area contributed by atoms with Crippen molar-refractivity contribution in [1.29, 1.82) is 0 Å². The second-order valence-corrected chi connectivity index (χ2v) is 12.5. The monoisotopic (exact) mass is 320 g/mol. The highest BCUT2D eigenvalue weighted by Crippen LogP contribution is 2.46. The van der Waals surface area contributed by atoms with E-state index in [2.05, 4.69) is 47.6 Å². The number of fused-ring (bicyclic) bond motifs is 1. The topological polar surface area (TPSA) is 9.23 Å². The summed E-state index contributed by atoms with van der Waals surface area (Å²) in [4.78, 5) is 0. The Kier molecular flexibility index (Phi) is 5.98. The number of allylic oxidation sites excluding steroid dienone is 4. The van der Waals surface area contributed by atoms with Crippen LogP contribution in [0, 0.1) is 17.8 Å². The van der Waals surface area contributed by atoms with Crippen LogP contribution in [0.3, 0.4) is 0 Å². The minimum Gasteiger partial charge on any atom is -0.547 e. The van der Waals surface area contributed by atoms with E-state index in [-0.39, 0.29) is 0 Å². The molecule has 0 fully saturated rings. The van der Waals surface area contributed by atoms with Gasteiger partial charge in [-0.2, -0.15) is 0 Å². The van der Waals surface area contributed by atoms with Gasteiger partial charge < -0.3 is 4.43 Å². The molecule has 0 spiro atoms. The van der Waals surface area contributed by atoms with E-state index in [1.54, 1.807) is 11.1 Å². The minimum absolute atomic E-state index is 0.662. The lowest BCUT2D eigenvalue weighted by Gasteiger charge is -2.41. The molecule has 0 saturated carbocycles. The highest BCUT2D eigenvalue weighted by atomic mass is 28.4. The van der Waals surface area contributed by atoms with E-state index in [1.165, 1.54) is 49.6 Å². The molecule has 1 nitrogen and oxygen atoms in total. The van der Waals surface area contributed by atoms with Crippen LogP contribution in [-0.2, 0) is 4.43 Å². The lowest BCUT2D eigenvalue weighted by Crippen LogP contribution is -2.38. The first-order valence-corrected chi connectivity index (χ1v) is 12.1. The number of hydrogen-bond acceptors (Lipinski definition) is 1. The molecule has 0 saturated heterocycles.